The first-order chi connectivity index (χ1) is 10.3. The van der Waals surface area contributed by atoms with Gasteiger partial charge in [0, 0.05) is 19.0 Å². The van der Waals surface area contributed by atoms with E-state index in [-0.39, 0.29) is 30.6 Å². The van der Waals surface area contributed by atoms with Crippen molar-refractivity contribution in [2.24, 2.45) is 5.92 Å². The highest BCUT2D eigenvalue weighted by atomic mass is 19.2. The van der Waals surface area contributed by atoms with Crippen LogP contribution in [0.4, 0.5) is 18.9 Å². The summed E-state index contributed by atoms with van der Waals surface area (Å²) < 4.78 is 40.0. The summed E-state index contributed by atoms with van der Waals surface area (Å²) in [6.45, 7) is 3.69. The largest absolute Gasteiger partial charge is 0.353 e. The van der Waals surface area contributed by atoms with Gasteiger partial charge in [0.05, 0.1) is 11.6 Å². The monoisotopic (exact) mass is 314 g/mol. The van der Waals surface area contributed by atoms with E-state index in [4.69, 9.17) is 0 Å². The zero-order valence-electron chi connectivity index (χ0n) is 12.3. The van der Waals surface area contributed by atoms with Crippen LogP contribution >= 0.6 is 0 Å². The molecular formula is C15H17F3N2O2. The molecule has 1 aromatic carbocycles. The summed E-state index contributed by atoms with van der Waals surface area (Å²) in [5, 5.41) is 2.75. The number of halogens is 3. The van der Waals surface area contributed by atoms with Gasteiger partial charge in [-0.05, 0) is 25.5 Å². The van der Waals surface area contributed by atoms with Crippen molar-refractivity contribution in [2.75, 3.05) is 11.4 Å². The Morgan fingerprint density at radius 1 is 1.36 bits per heavy atom. The van der Waals surface area contributed by atoms with Gasteiger partial charge in [0.25, 0.3) is 0 Å². The van der Waals surface area contributed by atoms with Gasteiger partial charge in [-0.25, -0.2) is 13.2 Å². The number of nitrogens with zero attached hydrogens (tertiary/aromatic N) is 1. The predicted octanol–water partition coefficient (Wildman–Crippen LogP) is 2.37. The first kappa shape index (κ1) is 16.3. The van der Waals surface area contributed by atoms with Crippen LogP contribution in [0.3, 0.4) is 0 Å². The number of carbonyl (C=O) groups excluding carboxylic acids is 2. The molecule has 7 heteroatoms. The summed E-state index contributed by atoms with van der Waals surface area (Å²) in [4.78, 5) is 25.0. The van der Waals surface area contributed by atoms with Gasteiger partial charge in [-0.15, -0.1) is 0 Å². The molecule has 0 radical (unpaired) electrons. The van der Waals surface area contributed by atoms with E-state index in [1.807, 2.05) is 13.8 Å². The van der Waals surface area contributed by atoms with E-state index in [0.29, 0.717) is 0 Å². The van der Waals surface area contributed by atoms with E-state index in [0.717, 1.165) is 23.5 Å². The van der Waals surface area contributed by atoms with Gasteiger partial charge in [-0.1, -0.05) is 6.92 Å². The molecule has 4 nitrogen and oxygen atoms in total. The molecule has 0 spiro atoms. The topological polar surface area (TPSA) is 49.4 Å². The molecule has 1 fully saturated rings. The minimum Gasteiger partial charge on any atom is -0.353 e. The number of nitrogens with one attached hydrogen (secondary N) is 1. The van der Waals surface area contributed by atoms with Gasteiger partial charge in [-0.2, -0.15) is 0 Å². The first-order valence-electron chi connectivity index (χ1n) is 7.09. The van der Waals surface area contributed by atoms with Gasteiger partial charge in [0.1, 0.15) is 0 Å². The van der Waals surface area contributed by atoms with Gasteiger partial charge < -0.3 is 10.2 Å². The molecule has 1 saturated heterocycles. The molecular weight excluding hydrogens is 297 g/mol. The molecule has 1 aliphatic rings. The average Bonchev–Trinajstić information content (AvgIpc) is 2.87. The van der Waals surface area contributed by atoms with E-state index in [1.54, 1.807) is 0 Å². The number of benzene rings is 1. The fraction of sp³-hybridized carbons (Fsp3) is 0.467. The number of carbonyl (C=O) groups is 2. The lowest BCUT2D eigenvalue weighted by molar-refractivity contribution is -0.126. The lowest BCUT2D eigenvalue weighted by atomic mass is 10.1. The molecule has 0 aromatic heterocycles. The Morgan fingerprint density at radius 3 is 2.68 bits per heavy atom. The third-order valence-electron chi connectivity index (χ3n) is 3.80. The van der Waals surface area contributed by atoms with Crippen LogP contribution in [0.15, 0.2) is 12.1 Å². The van der Waals surface area contributed by atoms with E-state index < -0.39 is 29.3 Å². The molecule has 2 atom stereocenters. The molecule has 0 aliphatic carbocycles. The van der Waals surface area contributed by atoms with Crippen LogP contribution < -0.4 is 10.2 Å². The fourth-order valence-electron chi connectivity index (χ4n) is 2.30. The minimum atomic E-state index is -1.63. The molecule has 120 valence electrons. The van der Waals surface area contributed by atoms with Crippen LogP contribution in [0.2, 0.25) is 0 Å². The van der Waals surface area contributed by atoms with Gasteiger partial charge in [0.15, 0.2) is 17.5 Å². The Balaban J connectivity index is 2.17. The zero-order chi connectivity index (χ0) is 16.4. The standard InChI is InChI=1S/C15H17F3N2O2/c1-3-8(2)19-15(22)9-6-12(21)20(7-9)11-5-4-10(16)13(17)14(11)18/h4-5,8-9H,3,6-7H2,1-2H3,(H,19,22). The first-order valence-corrected chi connectivity index (χ1v) is 7.09. The number of hydrogen-bond donors (Lipinski definition) is 1. The van der Waals surface area contributed by atoms with Crippen LogP contribution in [0.5, 0.6) is 0 Å². The quantitative estimate of drug-likeness (QED) is 0.868. The van der Waals surface area contributed by atoms with E-state index in [2.05, 4.69) is 5.32 Å². The Bertz CT molecular complexity index is 607. The second-order valence-corrected chi connectivity index (χ2v) is 5.42. The molecule has 1 aliphatic heterocycles. The number of anilines is 1. The van der Waals surface area contributed by atoms with Gasteiger partial charge in [0.2, 0.25) is 11.8 Å². The molecule has 22 heavy (non-hydrogen) atoms. The molecule has 2 rings (SSSR count). The highest BCUT2D eigenvalue weighted by Crippen LogP contribution is 2.29. The summed E-state index contributed by atoms with van der Waals surface area (Å²) in [7, 11) is 0. The highest BCUT2D eigenvalue weighted by molar-refractivity contribution is 6.00. The van der Waals surface area contributed by atoms with Gasteiger partial charge >= 0.3 is 0 Å². The fourth-order valence-corrected chi connectivity index (χ4v) is 2.30. The summed E-state index contributed by atoms with van der Waals surface area (Å²) in [5.41, 5.74) is -0.345. The lowest BCUT2D eigenvalue weighted by Gasteiger charge is -2.18. The summed E-state index contributed by atoms with van der Waals surface area (Å²) in [6.07, 6.45) is 0.661. The number of hydrogen-bond acceptors (Lipinski definition) is 2. The second-order valence-electron chi connectivity index (χ2n) is 5.42. The van der Waals surface area contributed by atoms with Crippen molar-refractivity contribution in [3.63, 3.8) is 0 Å². The maximum absolute atomic E-state index is 13.8. The van der Waals surface area contributed by atoms with E-state index >= 15 is 0 Å². The predicted molar refractivity (Wildman–Crippen MR) is 74.7 cm³/mol. The van der Waals surface area contributed by atoms with Crippen LogP contribution in [0.1, 0.15) is 26.7 Å². The van der Waals surface area contributed by atoms with E-state index in [9.17, 15) is 22.8 Å². The van der Waals surface area contributed by atoms with Crippen LogP contribution in [-0.4, -0.2) is 24.4 Å². The van der Waals surface area contributed by atoms with Crippen LogP contribution in [-0.2, 0) is 9.59 Å². The molecule has 0 bridgehead atoms. The lowest BCUT2D eigenvalue weighted by Crippen LogP contribution is -2.38. The second kappa shape index (κ2) is 6.37. The Kier molecular flexibility index (Phi) is 4.73. The molecule has 1 aromatic rings. The van der Waals surface area contributed by atoms with Crippen LogP contribution in [0, 0.1) is 23.4 Å². The number of rotatable bonds is 4. The molecule has 1 N–H and O–H groups in total. The molecule has 2 amide bonds. The van der Waals surface area contributed by atoms with Crippen LogP contribution in [0.25, 0.3) is 0 Å². The molecule has 0 saturated carbocycles. The third-order valence-corrected chi connectivity index (χ3v) is 3.80. The summed E-state index contributed by atoms with van der Waals surface area (Å²) in [6, 6.07) is 1.73. The minimum absolute atomic E-state index is 0.0309. The maximum atomic E-state index is 13.8. The smallest absolute Gasteiger partial charge is 0.227 e. The molecule has 2 unspecified atom stereocenters. The van der Waals surface area contributed by atoms with Crippen molar-refractivity contribution in [2.45, 2.75) is 32.7 Å². The normalized spacial score (nSPS) is 19.4. The van der Waals surface area contributed by atoms with Crippen molar-refractivity contribution in [1.82, 2.24) is 5.32 Å². The van der Waals surface area contributed by atoms with Gasteiger partial charge in [-0.3, -0.25) is 9.59 Å². The highest BCUT2D eigenvalue weighted by Gasteiger charge is 2.37. The Hall–Kier alpha value is -2.05. The maximum Gasteiger partial charge on any atom is 0.227 e. The third kappa shape index (κ3) is 3.08. The van der Waals surface area contributed by atoms with Crippen molar-refractivity contribution in [3.05, 3.63) is 29.6 Å². The van der Waals surface area contributed by atoms with Crippen molar-refractivity contribution in [3.8, 4) is 0 Å². The van der Waals surface area contributed by atoms with E-state index in [1.165, 1.54) is 0 Å². The SMILES string of the molecule is CCC(C)NC(=O)C1CC(=O)N(c2ccc(F)c(F)c2F)C1. The Morgan fingerprint density at radius 2 is 2.05 bits per heavy atom. The summed E-state index contributed by atoms with van der Waals surface area (Å²) >= 11 is 0. The number of amides is 2. The molecule has 1 heterocycles. The van der Waals surface area contributed by atoms with Crippen molar-refractivity contribution >= 4 is 17.5 Å². The van der Waals surface area contributed by atoms with Crippen molar-refractivity contribution < 1.29 is 22.8 Å². The zero-order valence-corrected chi connectivity index (χ0v) is 12.3. The van der Waals surface area contributed by atoms with Crippen molar-refractivity contribution in [1.29, 1.82) is 0 Å². The summed E-state index contributed by atoms with van der Waals surface area (Å²) in [5.74, 6) is -5.79. The Labute approximate surface area is 126 Å². The average molecular weight is 314 g/mol.